The van der Waals surface area contributed by atoms with E-state index < -0.39 is 0 Å². The van der Waals surface area contributed by atoms with E-state index in [1.54, 1.807) is 31.1 Å². The molecule has 0 spiro atoms. The number of anilines is 2. The van der Waals surface area contributed by atoms with Crippen LogP contribution < -0.4 is 11.1 Å². The van der Waals surface area contributed by atoms with Crippen molar-refractivity contribution in [2.75, 3.05) is 44.9 Å². The second-order valence-electron chi connectivity index (χ2n) is 6.28. The van der Waals surface area contributed by atoms with E-state index in [-0.39, 0.29) is 11.3 Å². The first-order chi connectivity index (χ1) is 9.91. The topological polar surface area (TPSA) is 67.6 Å². The predicted octanol–water partition coefficient (Wildman–Crippen LogP) is 2.20. The Morgan fingerprint density at radius 3 is 2.67 bits per heavy atom. The Bertz CT molecular complexity index is 508. The monoisotopic (exact) mass is 291 g/mol. The third-order valence-electron chi connectivity index (χ3n) is 4.09. The average molecular weight is 291 g/mol. The molecule has 5 heteroatoms. The molecule has 5 nitrogen and oxygen atoms in total. The lowest BCUT2D eigenvalue weighted by atomic mass is 9.82. The van der Waals surface area contributed by atoms with Gasteiger partial charge in [0.1, 0.15) is 0 Å². The maximum Gasteiger partial charge on any atom is 0.255 e. The molecular weight excluding hydrogens is 266 g/mol. The fourth-order valence-corrected chi connectivity index (χ4v) is 2.49. The van der Waals surface area contributed by atoms with Crippen molar-refractivity contribution >= 4 is 17.3 Å². The lowest BCUT2D eigenvalue weighted by Gasteiger charge is -2.34. The van der Waals surface area contributed by atoms with Gasteiger partial charge in [0, 0.05) is 45.2 Å². The van der Waals surface area contributed by atoms with Crippen LogP contribution in [0.3, 0.4) is 0 Å². The van der Waals surface area contributed by atoms with Crippen LogP contribution in [-0.4, -0.2) is 44.7 Å². The molecule has 2 rings (SSSR count). The number of nitrogen functional groups attached to an aromatic ring is 1. The van der Waals surface area contributed by atoms with E-state index in [2.05, 4.69) is 12.2 Å². The number of amides is 1. The first-order valence-corrected chi connectivity index (χ1v) is 7.34. The number of nitrogens with one attached hydrogen (secondary N) is 1. The quantitative estimate of drug-likeness (QED) is 0.835. The van der Waals surface area contributed by atoms with Crippen molar-refractivity contribution in [3.63, 3.8) is 0 Å². The molecule has 1 aliphatic heterocycles. The van der Waals surface area contributed by atoms with Gasteiger partial charge in [-0.25, -0.2) is 0 Å². The zero-order valence-electron chi connectivity index (χ0n) is 13.1. The van der Waals surface area contributed by atoms with Gasteiger partial charge >= 0.3 is 0 Å². The third-order valence-corrected chi connectivity index (χ3v) is 4.09. The first-order valence-electron chi connectivity index (χ1n) is 7.34. The van der Waals surface area contributed by atoms with Gasteiger partial charge in [0.25, 0.3) is 5.91 Å². The Labute approximate surface area is 126 Å². The molecule has 0 aliphatic carbocycles. The molecule has 21 heavy (non-hydrogen) atoms. The molecule has 1 saturated heterocycles. The van der Waals surface area contributed by atoms with Gasteiger partial charge in [0.05, 0.1) is 5.56 Å². The van der Waals surface area contributed by atoms with E-state index in [1.165, 1.54) is 0 Å². The molecule has 1 heterocycles. The zero-order valence-corrected chi connectivity index (χ0v) is 13.1. The van der Waals surface area contributed by atoms with Crippen molar-refractivity contribution in [1.82, 2.24) is 4.90 Å². The minimum atomic E-state index is -0.0189. The Balaban J connectivity index is 2.14. The molecule has 0 aromatic heterocycles. The molecule has 1 amide bonds. The van der Waals surface area contributed by atoms with E-state index in [1.807, 2.05) is 6.07 Å². The predicted molar refractivity (Wildman–Crippen MR) is 85.5 cm³/mol. The van der Waals surface area contributed by atoms with Crippen molar-refractivity contribution in [2.45, 2.75) is 19.8 Å². The molecule has 1 aromatic rings. The summed E-state index contributed by atoms with van der Waals surface area (Å²) in [6, 6.07) is 5.38. The van der Waals surface area contributed by atoms with Crippen molar-refractivity contribution in [1.29, 1.82) is 0 Å². The van der Waals surface area contributed by atoms with Gasteiger partial charge in [-0.15, -0.1) is 0 Å². The minimum Gasteiger partial charge on any atom is -0.399 e. The number of ether oxygens (including phenoxy) is 1. The summed E-state index contributed by atoms with van der Waals surface area (Å²) in [5.74, 6) is -0.0189. The summed E-state index contributed by atoms with van der Waals surface area (Å²) in [6.45, 7) is 4.67. The van der Waals surface area contributed by atoms with Gasteiger partial charge in [-0.1, -0.05) is 6.92 Å². The van der Waals surface area contributed by atoms with E-state index in [4.69, 9.17) is 10.5 Å². The van der Waals surface area contributed by atoms with Crippen LogP contribution in [0.1, 0.15) is 30.1 Å². The first kappa shape index (κ1) is 15.6. The van der Waals surface area contributed by atoms with Crippen LogP contribution in [-0.2, 0) is 4.74 Å². The maximum atomic E-state index is 12.2. The highest BCUT2D eigenvalue weighted by molar-refractivity contribution is 6.00. The molecule has 1 fully saturated rings. The molecular formula is C16H25N3O2. The molecule has 0 bridgehead atoms. The second kappa shape index (κ2) is 6.35. The third kappa shape index (κ3) is 3.88. The molecule has 0 saturated carbocycles. The number of nitrogens with two attached hydrogens (primary N) is 1. The summed E-state index contributed by atoms with van der Waals surface area (Å²) in [6.07, 6.45) is 2.05. The smallest absolute Gasteiger partial charge is 0.255 e. The molecule has 116 valence electrons. The average Bonchev–Trinajstić information content (AvgIpc) is 2.45. The highest BCUT2D eigenvalue weighted by Gasteiger charge is 2.27. The van der Waals surface area contributed by atoms with Crippen molar-refractivity contribution < 1.29 is 9.53 Å². The van der Waals surface area contributed by atoms with Gasteiger partial charge in [0.2, 0.25) is 0 Å². The van der Waals surface area contributed by atoms with Gasteiger partial charge in [0.15, 0.2) is 0 Å². The van der Waals surface area contributed by atoms with Crippen LogP contribution in [0.15, 0.2) is 18.2 Å². The van der Waals surface area contributed by atoms with Gasteiger partial charge in [-0.2, -0.15) is 0 Å². The Morgan fingerprint density at radius 1 is 1.38 bits per heavy atom. The van der Waals surface area contributed by atoms with E-state index in [0.717, 1.165) is 38.3 Å². The summed E-state index contributed by atoms with van der Waals surface area (Å²) >= 11 is 0. The Hall–Kier alpha value is -1.75. The summed E-state index contributed by atoms with van der Waals surface area (Å²) in [7, 11) is 3.50. The standard InChI is InChI=1S/C16H25N3O2/c1-16(6-8-21-9-7-16)11-18-14-10-12(17)4-5-13(14)15(20)19(2)3/h4-5,10,18H,6-9,11,17H2,1-3H3. The van der Waals surface area contributed by atoms with E-state index in [0.29, 0.717) is 11.3 Å². The normalized spacial score (nSPS) is 17.3. The number of benzene rings is 1. The lowest BCUT2D eigenvalue weighted by Crippen LogP contribution is -2.33. The molecule has 0 unspecified atom stereocenters. The van der Waals surface area contributed by atoms with Crippen LogP contribution in [0, 0.1) is 5.41 Å². The van der Waals surface area contributed by atoms with Crippen LogP contribution in [0.25, 0.3) is 0 Å². The number of carbonyl (C=O) groups is 1. The second-order valence-corrected chi connectivity index (χ2v) is 6.28. The van der Waals surface area contributed by atoms with Gasteiger partial charge in [-0.3, -0.25) is 4.79 Å². The van der Waals surface area contributed by atoms with Crippen LogP contribution >= 0.6 is 0 Å². The summed E-state index contributed by atoms with van der Waals surface area (Å²) in [4.78, 5) is 13.8. The van der Waals surface area contributed by atoms with Crippen molar-refractivity contribution in [3.05, 3.63) is 23.8 Å². The van der Waals surface area contributed by atoms with E-state index >= 15 is 0 Å². The number of nitrogens with zero attached hydrogens (tertiary/aromatic N) is 1. The van der Waals surface area contributed by atoms with Crippen LogP contribution in [0.2, 0.25) is 0 Å². The number of carbonyl (C=O) groups excluding carboxylic acids is 1. The molecule has 0 radical (unpaired) electrons. The number of hydrogen-bond acceptors (Lipinski definition) is 4. The largest absolute Gasteiger partial charge is 0.399 e. The highest BCUT2D eigenvalue weighted by atomic mass is 16.5. The molecule has 1 aromatic carbocycles. The lowest BCUT2D eigenvalue weighted by molar-refractivity contribution is 0.0300. The summed E-state index contributed by atoms with van der Waals surface area (Å²) in [5, 5.41) is 3.42. The van der Waals surface area contributed by atoms with Crippen LogP contribution in [0.4, 0.5) is 11.4 Å². The minimum absolute atomic E-state index is 0.0189. The van der Waals surface area contributed by atoms with E-state index in [9.17, 15) is 4.79 Å². The van der Waals surface area contributed by atoms with Gasteiger partial charge in [-0.05, 0) is 36.5 Å². The van der Waals surface area contributed by atoms with Gasteiger partial charge < -0.3 is 20.7 Å². The van der Waals surface area contributed by atoms with Crippen molar-refractivity contribution in [2.24, 2.45) is 5.41 Å². The fraction of sp³-hybridized carbons (Fsp3) is 0.562. The van der Waals surface area contributed by atoms with Crippen molar-refractivity contribution in [3.8, 4) is 0 Å². The Morgan fingerprint density at radius 2 is 2.05 bits per heavy atom. The highest BCUT2D eigenvalue weighted by Crippen LogP contribution is 2.31. The maximum absolute atomic E-state index is 12.2. The number of hydrogen-bond donors (Lipinski definition) is 2. The van der Waals surface area contributed by atoms with Crippen LogP contribution in [0.5, 0.6) is 0 Å². The summed E-state index contributed by atoms with van der Waals surface area (Å²) < 4.78 is 5.42. The summed E-state index contributed by atoms with van der Waals surface area (Å²) in [5.41, 5.74) is 8.18. The Kier molecular flexibility index (Phi) is 4.73. The zero-order chi connectivity index (χ0) is 15.5. The molecule has 3 N–H and O–H groups in total. The number of rotatable bonds is 4. The fourth-order valence-electron chi connectivity index (χ4n) is 2.49. The molecule has 1 aliphatic rings. The molecule has 0 atom stereocenters. The SMILES string of the molecule is CN(C)C(=O)c1ccc(N)cc1NCC1(C)CCOCC1.